The van der Waals surface area contributed by atoms with Crippen LogP contribution in [0.1, 0.15) is 36.0 Å². The zero-order valence-corrected chi connectivity index (χ0v) is 12.0. The lowest BCUT2D eigenvalue weighted by molar-refractivity contribution is 0.0929. The fraction of sp³-hybridized carbons (Fsp3) is 0.588. The van der Waals surface area contributed by atoms with Crippen LogP contribution in [0.25, 0.3) is 0 Å². The molecule has 0 spiro atoms. The monoisotopic (exact) mass is 275 g/mol. The average Bonchev–Trinajstić information content (AvgIpc) is 3.01. The summed E-state index contributed by atoms with van der Waals surface area (Å²) >= 11 is 0. The number of likely N-dealkylation sites (N-methyl/N-ethyl adjacent to an activating group) is 1. The third-order valence-electron chi connectivity index (χ3n) is 5.01. The highest BCUT2D eigenvalue weighted by molar-refractivity contribution is 5.97. The Morgan fingerprint density at radius 1 is 1.25 bits per heavy atom. The number of fused-ring (bicyclic) bond motifs is 2. The first-order chi connectivity index (χ1) is 9.61. The summed E-state index contributed by atoms with van der Waals surface area (Å²) in [6, 6.07) is 5.85. The van der Waals surface area contributed by atoms with Gasteiger partial charge in [0, 0.05) is 12.1 Å². The van der Waals surface area contributed by atoms with Crippen LogP contribution in [0.2, 0.25) is 0 Å². The minimum Gasteiger partial charge on any atom is -0.299 e. The molecule has 1 aromatic carbocycles. The SMILES string of the molecule is CN(CC(=O)c1ccc(F)cc1)CC1CC2CCC1C2. The number of halogens is 1. The van der Waals surface area contributed by atoms with Gasteiger partial charge in [-0.2, -0.15) is 0 Å². The summed E-state index contributed by atoms with van der Waals surface area (Å²) in [5, 5.41) is 0. The van der Waals surface area contributed by atoms with Gasteiger partial charge < -0.3 is 0 Å². The average molecular weight is 275 g/mol. The Bertz CT molecular complexity index is 484. The van der Waals surface area contributed by atoms with E-state index in [1.165, 1.54) is 37.8 Å². The smallest absolute Gasteiger partial charge is 0.176 e. The molecule has 0 saturated heterocycles. The summed E-state index contributed by atoms with van der Waals surface area (Å²) in [6.07, 6.45) is 5.55. The second kappa shape index (κ2) is 5.65. The first kappa shape index (κ1) is 13.7. The predicted octanol–water partition coefficient (Wildman–Crippen LogP) is 3.38. The zero-order valence-electron chi connectivity index (χ0n) is 12.0. The Morgan fingerprint density at radius 2 is 2.00 bits per heavy atom. The van der Waals surface area contributed by atoms with Crippen molar-refractivity contribution in [1.82, 2.24) is 4.90 Å². The third-order valence-corrected chi connectivity index (χ3v) is 5.01. The molecule has 108 valence electrons. The number of rotatable bonds is 5. The summed E-state index contributed by atoms with van der Waals surface area (Å²) in [6.45, 7) is 1.45. The molecule has 2 bridgehead atoms. The van der Waals surface area contributed by atoms with Crippen LogP contribution in [0.5, 0.6) is 0 Å². The van der Waals surface area contributed by atoms with E-state index in [0.717, 1.165) is 24.3 Å². The van der Waals surface area contributed by atoms with Crippen molar-refractivity contribution in [1.29, 1.82) is 0 Å². The number of carbonyl (C=O) groups is 1. The Hall–Kier alpha value is -1.22. The normalized spacial score (nSPS) is 28.2. The molecule has 0 amide bonds. The van der Waals surface area contributed by atoms with E-state index >= 15 is 0 Å². The molecule has 3 rings (SSSR count). The quantitative estimate of drug-likeness (QED) is 0.768. The van der Waals surface area contributed by atoms with Gasteiger partial charge in [-0.05, 0) is 68.3 Å². The highest BCUT2D eigenvalue weighted by Gasteiger charge is 2.39. The molecule has 2 saturated carbocycles. The lowest BCUT2D eigenvalue weighted by Crippen LogP contribution is -2.32. The van der Waals surface area contributed by atoms with Crippen LogP contribution < -0.4 is 0 Å². The van der Waals surface area contributed by atoms with E-state index in [2.05, 4.69) is 4.90 Å². The zero-order chi connectivity index (χ0) is 14.1. The topological polar surface area (TPSA) is 20.3 Å². The van der Waals surface area contributed by atoms with Gasteiger partial charge in [-0.3, -0.25) is 9.69 Å². The van der Waals surface area contributed by atoms with E-state index < -0.39 is 0 Å². The van der Waals surface area contributed by atoms with Gasteiger partial charge in [-0.25, -0.2) is 4.39 Å². The van der Waals surface area contributed by atoms with Crippen molar-refractivity contribution >= 4 is 5.78 Å². The molecule has 0 heterocycles. The molecule has 0 radical (unpaired) electrons. The highest BCUT2D eigenvalue weighted by atomic mass is 19.1. The molecule has 0 aliphatic heterocycles. The fourth-order valence-corrected chi connectivity index (χ4v) is 4.04. The molecule has 1 aromatic rings. The maximum atomic E-state index is 12.8. The molecule has 20 heavy (non-hydrogen) atoms. The van der Waals surface area contributed by atoms with E-state index in [0.29, 0.717) is 12.1 Å². The number of nitrogens with zero attached hydrogens (tertiary/aromatic N) is 1. The van der Waals surface area contributed by atoms with Gasteiger partial charge in [0.2, 0.25) is 0 Å². The van der Waals surface area contributed by atoms with Gasteiger partial charge in [0.15, 0.2) is 5.78 Å². The number of Topliss-reactive ketones (excluding diaryl/α,β-unsaturated/α-hetero) is 1. The van der Waals surface area contributed by atoms with Gasteiger partial charge in [-0.1, -0.05) is 6.42 Å². The van der Waals surface area contributed by atoms with Crippen molar-refractivity contribution in [3.63, 3.8) is 0 Å². The first-order valence-electron chi connectivity index (χ1n) is 7.59. The maximum absolute atomic E-state index is 12.8. The summed E-state index contributed by atoms with van der Waals surface area (Å²) in [5.74, 6) is 2.40. The number of hydrogen-bond acceptors (Lipinski definition) is 2. The van der Waals surface area contributed by atoms with Gasteiger partial charge >= 0.3 is 0 Å². The molecule has 3 heteroatoms. The Morgan fingerprint density at radius 3 is 2.60 bits per heavy atom. The van der Waals surface area contributed by atoms with Crippen molar-refractivity contribution in [3.8, 4) is 0 Å². The molecular weight excluding hydrogens is 253 g/mol. The van der Waals surface area contributed by atoms with E-state index in [4.69, 9.17) is 0 Å². The molecule has 3 atom stereocenters. The van der Waals surface area contributed by atoms with Crippen LogP contribution in [0, 0.1) is 23.6 Å². The van der Waals surface area contributed by atoms with Crippen LogP contribution >= 0.6 is 0 Å². The fourth-order valence-electron chi connectivity index (χ4n) is 4.04. The van der Waals surface area contributed by atoms with Crippen molar-refractivity contribution in [2.45, 2.75) is 25.7 Å². The molecule has 2 fully saturated rings. The number of carbonyl (C=O) groups excluding carboxylic acids is 1. The molecule has 2 nitrogen and oxygen atoms in total. The van der Waals surface area contributed by atoms with E-state index in [-0.39, 0.29) is 11.6 Å². The molecule has 3 unspecified atom stereocenters. The van der Waals surface area contributed by atoms with Crippen LogP contribution in [0.3, 0.4) is 0 Å². The van der Waals surface area contributed by atoms with Crippen molar-refractivity contribution < 1.29 is 9.18 Å². The van der Waals surface area contributed by atoms with Gasteiger partial charge in [0.1, 0.15) is 5.82 Å². The molecule has 2 aliphatic rings. The minimum atomic E-state index is -0.295. The number of ketones is 1. The van der Waals surface area contributed by atoms with Crippen molar-refractivity contribution in [2.75, 3.05) is 20.1 Å². The van der Waals surface area contributed by atoms with Crippen LogP contribution in [0.15, 0.2) is 24.3 Å². The second-order valence-electron chi connectivity index (χ2n) is 6.56. The third kappa shape index (κ3) is 2.93. The Labute approximate surface area is 120 Å². The lowest BCUT2D eigenvalue weighted by Gasteiger charge is -2.26. The predicted molar refractivity (Wildman–Crippen MR) is 77.2 cm³/mol. The highest BCUT2D eigenvalue weighted by Crippen LogP contribution is 2.48. The standard InChI is InChI=1S/C17H22FNO/c1-19(10-15-9-12-2-3-14(15)8-12)11-17(20)13-4-6-16(18)7-5-13/h4-7,12,14-15H,2-3,8-11H2,1H3. The van der Waals surface area contributed by atoms with Crippen molar-refractivity contribution in [3.05, 3.63) is 35.6 Å². The van der Waals surface area contributed by atoms with E-state index in [1.807, 2.05) is 7.05 Å². The van der Waals surface area contributed by atoms with Crippen molar-refractivity contribution in [2.24, 2.45) is 17.8 Å². The molecule has 0 aromatic heterocycles. The van der Waals surface area contributed by atoms with Gasteiger partial charge in [0.25, 0.3) is 0 Å². The van der Waals surface area contributed by atoms with Crippen LogP contribution in [-0.2, 0) is 0 Å². The first-order valence-corrected chi connectivity index (χ1v) is 7.59. The number of hydrogen-bond donors (Lipinski definition) is 0. The van der Waals surface area contributed by atoms with Crippen LogP contribution in [-0.4, -0.2) is 30.8 Å². The molecule has 0 N–H and O–H groups in total. The molecule has 2 aliphatic carbocycles. The summed E-state index contributed by atoms with van der Waals surface area (Å²) in [5.41, 5.74) is 0.603. The van der Waals surface area contributed by atoms with Gasteiger partial charge in [0.05, 0.1) is 6.54 Å². The van der Waals surface area contributed by atoms with E-state index in [9.17, 15) is 9.18 Å². The Balaban J connectivity index is 1.52. The largest absolute Gasteiger partial charge is 0.299 e. The van der Waals surface area contributed by atoms with E-state index in [1.54, 1.807) is 12.1 Å². The second-order valence-corrected chi connectivity index (χ2v) is 6.56. The lowest BCUT2D eigenvalue weighted by atomic mass is 9.88. The summed E-state index contributed by atoms with van der Waals surface area (Å²) in [4.78, 5) is 14.3. The summed E-state index contributed by atoms with van der Waals surface area (Å²) in [7, 11) is 2.02. The summed E-state index contributed by atoms with van der Waals surface area (Å²) < 4.78 is 12.8. The van der Waals surface area contributed by atoms with Gasteiger partial charge in [-0.15, -0.1) is 0 Å². The Kier molecular flexibility index (Phi) is 3.88. The minimum absolute atomic E-state index is 0.0793. The molecular formula is C17H22FNO. The maximum Gasteiger partial charge on any atom is 0.176 e. The van der Waals surface area contributed by atoms with Crippen LogP contribution in [0.4, 0.5) is 4.39 Å². The number of benzene rings is 1.